The van der Waals surface area contributed by atoms with Crippen LogP contribution in [0.15, 0.2) is 58.8 Å². The maximum Gasteiger partial charge on any atom is 0.139 e. The molecule has 0 spiro atoms. The molecule has 25 heavy (non-hydrogen) atoms. The average Bonchev–Trinajstić information content (AvgIpc) is 3.30. The number of hydrogen-bond donors (Lipinski definition) is 1. The topological polar surface area (TPSA) is 51.0 Å². The molecule has 3 heterocycles. The molecule has 0 aliphatic carbocycles. The first-order valence-corrected chi connectivity index (χ1v) is 9.19. The number of thiophene rings is 1. The van der Waals surface area contributed by atoms with Gasteiger partial charge in [-0.3, -0.25) is 0 Å². The number of aromatic nitrogens is 2. The summed E-state index contributed by atoms with van der Waals surface area (Å²) in [4.78, 5) is 9.86. The van der Waals surface area contributed by atoms with Gasteiger partial charge in [0, 0.05) is 10.9 Å². The summed E-state index contributed by atoms with van der Waals surface area (Å²) in [5, 5.41) is 6.60. The number of anilines is 1. The first-order chi connectivity index (χ1) is 12.2. The molecule has 0 saturated carbocycles. The van der Waals surface area contributed by atoms with Gasteiger partial charge in [0.15, 0.2) is 0 Å². The second-order valence-corrected chi connectivity index (χ2v) is 7.12. The van der Waals surface area contributed by atoms with E-state index in [1.807, 2.05) is 12.1 Å². The predicted molar refractivity (Wildman–Crippen MR) is 103 cm³/mol. The summed E-state index contributed by atoms with van der Waals surface area (Å²) < 4.78 is 5.40. The van der Waals surface area contributed by atoms with Gasteiger partial charge in [-0.25, -0.2) is 9.97 Å². The fourth-order valence-electron chi connectivity index (χ4n) is 2.85. The third-order valence-electron chi connectivity index (χ3n) is 4.27. The van der Waals surface area contributed by atoms with Gasteiger partial charge in [-0.05, 0) is 29.2 Å². The standard InChI is InChI=1S/C20H19N3OS/c1-13(2)14-5-7-15(8-6-14)17-11-25-20-18(17)19(22-12-23-20)21-10-16-4-3-9-24-16/h3-9,11-13H,10H2,1-2H3,(H,21,22,23). The van der Waals surface area contributed by atoms with E-state index in [4.69, 9.17) is 4.42 Å². The summed E-state index contributed by atoms with van der Waals surface area (Å²) >= 11 is 1.64. The molecule has 0 aliphatic rings. The number of nitrogens with one attached hydrogen (secondary N) is 1. The fourth-order valence-corrected chi connectivity index (χ4v) is 3.77. The van der Waals surface area contributed by atoms with Crippen molar-refractivity contribution in [2.45, 2.75) is 26.3 Å². The Hall–Kier alpha value is -2.66. The Morgan fingerprint density at radius 3 is 2.68 bits per heavy atom. The lowest BCUT2D eigenvalue weighted by Gasteiger charge is -2.09. The summed E-state index contributed by atoms with van der Waals surface area (Å²) in [6.07, 6.45) is 3.29. The van der Waals surface area contributed by atoms with E-state index in [0.717, 1.165) is 27.4 Å². The molecule has 0 fully saturated rings. The van der Waals surface area contributed by atoms with Crippen LogP contribution in [0, 0.1) is 0 Å². The number of hydrogen-bond acceptors (Lipinski definition) is 5. The van der Waals surface area contributed by atoms with E-state index in [1.165, 1.54) is 11.1 Å². The molecule has 3 aromatic heterocycles. The lowest BCUT2D eigenvalue weighted by atomic mass is 9.99. The molecule has 5 heteroatoms. The fraction of sp³-hybridized carbons (Fsp3) is 0.200. The lowest BCUT2D eigenvalue weighted by molar-refractivity contribution is 0.518. The number of benzene rings is 1. The van der Waals surface area contributed by atoms with Gasteiger partial charge < -0.3 is 9.73 Å². The van der Waals surface area contributed by atoms with Gasteiger partial charge in [-0.15, -0.1) is 11.3 Å². The number of nitrogens with zero attached hydrogens (tertiary/aromatic N) is 2. The summed E-state index contributed by atoms with van der Waals surface area (Å²) in [7, 11) is 0. The van der Waals surface area contributed by atoms with Crippen molar-refractivity contribution in [3.63, 3.8) is 0 Å². The smallest absolute Gasteiger partial charge is 0.139 e. The molecule has 4 rings (SSSR count). The Morgan fingerprint density at radius 1 is 1.12 bits per heavy atom. The Balaban J connectivity index is 1.71. The molecule has 4 nitrogen and oxygen atoms in total. The third kappa shape index (κ3) is 3.15. The first kappa shape index (κ1) is 15.8. The minimum atomic E-state index is 0.530. The van der Waals surface area contributed by atoms with Gasteiger partial charge in [0.1, 0.15) is 22.7 Å². The average molecular weight is 349 g/mol. The van der Waals surface area contributed by atoms with E-state index in [1.54, 1.807) is 23.9 Å². The molecule has 0 saturated heterocycles. The second-order valence-electron chi connectivity index (χ2n) is 6.26. The van der Waals surface area contributed by atoms with Crippen molar-refractivity contribution in [3.05, 3.63) is 65.7 Å². The van der Waals surface area contributed by atoms with E-state index < -0.39 is 0 Å². The van der Waals surface area contributed by atoms with Crippen molar-refractivity contribution in [2.75, 3.05) is 5.32 Å². The number of rotatable bonds is 5. The molecule has 0 amide bonds. The highest BCUT2D eigenvalue weighted by atomic mass is 32.1. The van der Waals surface area contributed by atoms with Gasteiger partial charge in [0.25, 0.3) is 0 Å². The monoisotopic (exact) mass is 349 g/mol. The van der Waals surface area contributed by atoms with Gasteiger partial charge >= 0.3 is 0 Å². The molecule has 1 N–H and O–H groups in total. The maximum absolute atomic E-state index is 5.40. The van der Waals surface area contributed by atoms with Crippen molar-refractivity contribution in [1.29, 1.82) is 0 Å². The second kappa shape index (κ2) is 6.69. The predicted octanol–water partition coefficient (Wildman–Crippen LogP) is 5.69. The van der Waals surface area contributed by atoms with Crippen molar-refractivity contribution in [1.82, 2.24) is 9.97 Å². The Labute approximate surface area is 150 Å². The van der Waals surface area contributed by atoms with Crippen LogP contribution >= 0.6 is 11.3 Å². The van der Waals surface area contributed by atoms with Crippen LogP contribution < -0.4 is 5.32 Å². The zero-order valence-corrected chi connectivity index (χ0v) is 15.0. The quantitative estimate of drug-likeness (QED) is 0.503. The van der Waals surface area contributed by atoms with Gasteiger partial charge in [0.2, 0.25) is 0 Å². The highest BCUT2D eigenvalue weighted by molar-refractivity contribution is 7.17. The molecule has 4 aromatic rings. The van der Waals surface area contributed by atoms with E-state index >= 15 is 0 Å². The summed E-state index contributed by atoms with van der Waals surface area (Å²) in [6.45, 7) is 5.01. The van der Waals surface area contributed by atoms with E-state index in [0.29, 0.717) is 12.5 Å². The zero-order chi connectivity index (χ0) is 17.2. The summed E-state index contributed by atoms with van der Waals surface area (Å²) in [5.74, 6) is 2.25. The molecule has 0 unspecified atom stereocenters. The zero-order valence-electron chi connectivity index (χ0n) is 14.2. The summed E-state index contributed by atoms with van der Waals surface area (Å²) in [6, 6.07) is 12.6. The van der Waals surface area contributed by atoms with Gasteiger partial charge in [-0.2, -0.15) is 0 Å². The molecule has 0 aliphatic heterocycles. The number of furan rings is 1. The Morgan fingerprint density at radius 2 is 1.96 bits per heavy atom. The lowest BCUT2D eigenvalue weighted by Crippen LogP contribution is -2.01. The maximum atomic E-state index is 5.40. The molecule has 126 valence electrons. The van der Waals surface area contributed by atoms with Crippen molar-refractivity contribution >= 4 is 27.4 Å². The van der Waals surface area contributed by atoms with E-state index in [2.05, 4.69) is 58.8 Å². The van der Waals surface area contributed by atoms with Gasteiger partial charge in [0.05, 0.1) is 18.2 Å². The van der Waals surface area contributed by atoms with Crippen LogP contribution in [0.4, 0.5) is 5.82 Å². The highest BCUT2D eigenvalue weighted by Crippen LogP contribution is 2.37. The molecule has 1 aromatic carbocycles. The molecular formula is C20H19N3OS. The highest BCUT2D eigenvalue weighted by Gasteiger charge is 2.13. The minimum absolute atomic E-state index is 0.530. The largest absolute Gasteiger partial charge is 0.467 e. The van der Waals surface area contributed by atoms with Crippen molar-refractivity contribution < 1.29 is 4.42 Å². The van der Waals surface area contributed by atoms with Crippen LogP contribution in [0.2, 0.25) is 0 Å². The normalized spacial score (nSPS) is 11.3. The summed E-state index contributed by atoms with van der Waals surface area (Å²) in [5.41, 5.74) is 3.69. The van der Waals surface area contributed by atoms with Crippen molar-refractivity contribution in [3.8, 4) is 11.1 Å². The van der Waals surface area contributed by atoms with Crippen molar-refractivity contribution in [2.24, 2.45) is 0 Å². The SMILES string of the molecule is CC(C)c1ccc(-c2csc3ncnc(NCc4ccco4)c23)cc1. The van der Waals surface area contributed by atoms with Crippen LogP contribution in [-0.2, 0) is 6.54 Å². The number of fused-ring (bicyclic) bond motifs is 1. The van der Waals surface area contributed by atoms with Crippen LogP contribution in [0.1, 0.15) is 31.1 Å². The molecule has 0 bridgehead atoms. The Kier molecular flexibility index (Phi) is 4.24. The Bertz CT molecular complexity index is 972. The first-order valence-electron chi connectivity index (χ1n) is 8.31. The molecule has 0 atom stereocenters. The van der Waals surface area contributed by atoms with Crippen LogP contribution in [0.3, 0.4) is 0 Å². The third-order valence-corrected chi connectivity index (χ3v) is 5.16. The van der Waals surface area contributed by atoms with Crippen LogP contribution in [0.25, 0.3) is 21.3 Å². The van der Waals surface area contributed by atoms with Crippen LogP contribution in [-0.4, -0.2) is 9.97 Å². The van der Waals surface area contributed by atoms with Crippen LogP contribution in [0.5, 0.6) is 0 Å². The van der Waals surface area contributed by atoms with E-state index in [-0.39, 0.29) is 0 Å². The van der Waals surface area contributed by atoms with Gasteiger partial charge in [-0.1, -0.05) is 38.1 Å². The van der Waals surface area contributed by atoms with E-state index in [9.17, 15) is 0 Å². The molecule has 0 radical (unpaired) electrons. The molecular weight excluding hydrogens is 330 g/mol. The minimum Gasteiger partial charge on any atom is -0.467 e.